The van der Waals surface area contributed by atoms with E-state index in [2.05, 4.69) is 0 Å². The molecule has 0 aromatic heterocycles. The quantitative estimate of drug-likeness (QED) is 0.662. The highest BCUT2D eigenvalue weighted by Crippen LogP contribution is 2.19. The van der Waals surface area contributed by atoms with Crippen molar-refractivity contribution in [2.75, 3.05) is 34.2 Å². The molecule has 0 aliphatic carbocycles. The number of urea groups is 1. The van der Waals surface area contributed by atoms with Crippen molar-refractivity contribution >= 4 is 17.9 Å². The highest BCUT2D eigenvalue weighted by molar-refractivity contribution is 5.87. The van der Waals surface area contributed by atoms with E-state index in [1.807, 2.05) is 0 Å². The number of β-amino-alcohol motifs (C(OH)–C–C–N with tert-alkyl or cyclic N) is 1. The van der Waals surface area contributed by atoms with Crippen molar-refractivity contribution in [3.63, 3.8) is 0 Å². The van der Waals surface area contributed by atoms with Crippen molar-refractivity contribution in [1.29, 1.82) is 0 Å². The summed E-state index contributed by atoms with van der Waals surface area (Å²) in [4.78, 5) is 38.2. The Balaban J connectivity index is 2.70. The lowest BCUT2D eigenvalue weighted by atomic mass is 10.2. The number of amides is 3. The summed E-state index contributed by atoms with van der Waals surface area (Å²) in [5.41, 5.74) is 0. The van der Waals surface area contributed by atoms with Crippen LogP contribution >= 0.6 is 0 Å². The first-order chi connectivity index (χ1) is 8.73. The molecular weight excluding hydrogens is 254 g/mol. The van der Waals surface area contributed by atoms with Crippen LogP contribution in [0.3, 0.4) is 0 Å². The molecule has 2 atom stereocenters. The van der Waals surface area contributed by atoms with E-state index in [9.17, 15) is 19.5 Å². The number of likely N-dealkylation sites (tertiary alicyclic amines) is 1. The third-order valence-electron chi connectivity index (χ3n) is 3.01. The molecule has 3 amide bonds. The van der Waals surface area contributed by atoms with E-state index in [0.29, 0.717) is 0 Å². The predicted molar refractivity (Wildman–Crippen MR) is 65.5 cm³/mol. The Labute approximate surface area is 111 Å². The van der Waals surface area contributed by atoms with Gasteiger partial charge in [-0.1, -0.05) is 0 Å². The van der Waals surface area contributed by atoms with Crippen molar-refractivity contribution in [2.24, 2.45) is 0 Å². The minimum absolute atomic E-state index is 0.0105. The molecule has 1 saturated heterocycles. The second-order valence-electron chi connectivity index (χ2n) is 4.82. The van der Waals surface area contributed by atoms with Gasteiger partial charge in [0.15, 0.2) is 0 Å². The van der Waals surface area contributed by atoms with Gasteiger partial charge < -0.3 is 24.9 Å². The predicted octanol–water partition coefficient (Wildman–Crippen LogP) is -1.35. The zero-order chi connectivity index (χ0) is 14.7. The van der Waals surface area contributed by atoms with Crippen LogP contribution in [0, 0.1) is 0 Å². The smallest absolute Gasteiger partial charge is 0.326 e. The lowest BCUT2D eigenvalue weighted by Gasteiger charge is -2.27. The second-order valence-corrected chi connectivity index (χ2v) is 4.82. The van der Waals surface area contributed by atoms with Crippen molar-refractivity contribution in [3.05, 3.63) is 0 Å². The third kappa shape index (κ3) is 3.57. The SMILES string of the molecule is CN(C)C(=O)CN(C)C(=O)N1CC(O)CC1C(=O)O. The molecule has 1 aliphatic heterocycles. The van der Waals surface area contributed by atoms with Gasteiger partial charge in [0.2, 0.25) is 5.91 Å². The Morgan fingerprint density at radius 3 is 2.32 bits per heavy atom. The van der Waals surface area contributed by atoms with Gasteiger partial charge in [0.1, 0.15) is 12.6 Å². The van der Waals surface area contributed by atoms with Crippen LogP contribution in [-0.4, -0.2) is 89.2 Å². The number of hydrogen-bond acceptors (Lipinski definition) is 4. The van der Waals surface area contributed by atoms with Crippen LogP contribution in [0.1, 0.15) is 6.42 Å². The van der Waals surface area contributed by atoms with E-state index < -0.39 is 24.1 Å². The molecule has 8 heteroatoms. The van der Waals surface area contributed by atoms with Gasteiger partial charge >= 0.3 is 12.0 Å². The monoisotopic (exact) mass is 273 g/mol. The largest absolute Gasteiger partial charge is 0.480 e. The average molecular weight is 273 g/mol. The third-order valence-corrected chi connectivity index (χ3v) is 3.01. The highest BCUT2D eigenvalue weighted by Gasteiger charge is 2.40. The zero-order valence-electron chi connectivity index (χ0n) is 11.2. The molecule has 0 saturated carbocycles. The number of aliphatic hydroxyl groups is 1. The van der Waals surface area contributed by atoms with Crippen molar-refractivity contribution in [2.45, 2.75) is 18.6 Å². The molecular formula is C11H19N3O5. The molecule has 1 rings (SSSR count). The number of carbonyl (C=O) groups excluding carboxylic acids is 2. The average Bonchev–Trinajstić information content (AvgIpc) is 2.70. The summed E-state index contributed by atoms with van der Waals surface area (Å²) in [7, 11) is 4.56. The summed E-state index contributed by atoms with van der Waals surface area (Å²) in [5.74, 6) is -1.42. The Morgan fingerprint density at radius 1 is 1.26 bits per heavy atom. The van der Waals surface area contributed by atoms with E-state index in [-0.39, 0.29) is 25.4 Å². The molecule has 0 spiro atoms. The number of aliphatic carboxylic acids is 1. The van der Waals surface area contributed by atoms with Crippen LogP contribution in [0.15, 0.2) is 0 Å². The number of rotatable bonds is 3. The van der Waals surface area contributed by atoms with E-state index in [1.54, 1.807) is 14.1 Å². The fourth-order valence-electron chi connectivity index (χ4n) is 1.89. The molecule has 2 N–H and O–H groups in total. The Kier molecular flexibility index (Phi) is 4.71. The van der Waals surface area contributed by atoms with Crippen LogP contribution in [0.5, 0.6) is 0 Å². The van der Waals surface area contributed by atoms with Crippen molar-refractivity contribution in [3.8, 4) is 0 Å². The molecule has 0 aromatic carbocycles. The van der Waals surface area contributed by atoms with Gasteiger partial charge in [0.25, 0.3) is 0 Å². The Hall–Kier alpha value is -1.83. The normalized spacial score (nSPS) is 22.2. The number of carboxylic acid groups (broad SMARTS) is 1. The van der Waals surface area contributed by atoms with Crippen LogP contribution in [0.2, 0.25) is 0 Å². The maximum Gasteiger partial charge on any atom is 0.326 e. The summed E-state index contributed by atoms with van der Waals surface area (Å²) in [6.45, 7) is -0.166. The van der Waals surface area contributed by atoms with Gasteiger partial charge in [-0.25, -0.2) is 9.59 Å². The maximum absolute atomic E-state index is 12.1. The Morgan fingerprint density at radius 2 is 1.84 bits per heavy atom. The number of carbonyl (C=O) groups is 3. The summed E-state index contributed by atoms with van der Waals surface area (Å²) in [6, 6.07) is -1.61. The number of carboxylic acids is 1. The Bertz CT molecular complexity index is 385. The first-order valence-corrected chi connectivity index (χ1v) is 5.86. The number of aliphatic hydroxyl groups excluding tert-OH is 1. The number of nitrogens with zero attached hydrogens (tertiary/aromatic N) is 3. The van der Waals surface area contributed by atoms with Crippen LogP contribution in [-0.2, 0) is 9.59 Å². The first kappa shape index (κ1) is 15.2. The molecule has 0 bridgehead atoms. The molecule has 1 fully saturated rings. The second kappa shape index (κ2) is 5.87. The number of hydrogen-bond donors (Lipinski definition) is 2. The molecule has 0 aromatic rings. The molecule has 0 radical (unpaired) electrons. The van der Waals surface area contributed by atoms with E-state index in [0.717, 1.165) is 9.80 Å². The minimum Gasteiger partial charge on any atom is -0.480 e. The summed E-state index contributed by atoms with van der Waals surface area (Å²) >= 11 is 0. The van der Waals surface area contributed by atoms with E-state index >= 15 is 0 Å². The van der Waals surface area contributed by atoms with Crippen LogP contribution in [0.4, 0.5) is 4.79 Å². The van der Waals surface area contributed by atoms with Gasteiger partial charge in [-0.15, -0.1) is 0 Å². The molecule has 1 heterocycles. The van der Waals surface area contributed by atoms with Gasteiger partial charge in [-0.05, 0) is 0 Å². The molecule has 1 aliphatic rings. The van der Waals surface area contributed by atoms with Crippen LogP contribution in [0.25, 0.3) is 0 Å². The summed E-state index contributed by atoms with van der Waals surface area (Å²) < 4.78 is 0. The number of likely N-dealkylation sites (N-methyl/N-ethyl adjacent to an activating group) is 2. The van der Waals surface area contributed by atoms with E-state index in [1.165, 1.54) is 11.9 Å². The highest BCUT2D eigenvalue weighted by atomic mass is 16.4. The lowest BCUT2D eigenvalue weighted by molar-refractivity contribution is -0.141. The van der Waals surface area contributed by atoms with Gasteiger partial charge in [0, 0.05) is 34.1 Å². The summed E-state index contributed by atoms with van der Waals surface area (Å²) in [6.07, 6.45) is -0.834. The molecule has 8 nitrogen and oxygen atoms in total. The molecule has 2 unspecified atom stereocenters. The summed E-state index contributed by atoms with van der Waals surface area (Å²) in [5, 5.41) is 18.5. The first-order valence-electron chi connectivity index (χ1n) is 5.86. The van der Waals surface area contributed by atoms with Gasteiger partial charge in [-0.3, -0.25) is 4.79 Å². The molecule has 19 heavy (non-hydrogen) atoms. The fourth-order valence-corrected chi connectivity index (χ4v) is 1.89. The van der Waals surface area contributed by atoms with Crippen molar-refractivity contribution < 1.29 is 24.6 Å². The van der Waals surface area contributed by atoms with Crippen molar-refractivity contribution in [1.82, 2.24) is 14.7 Å². The fraction of sp³-hybridized carbons (Fsp3) is 0.727. The molecule has 108 valence electrons. The topological polar surface area (TPSA) is 101 Å². The zero-order valence-corrected chi connectivity index (χ0v) is 11.2. The minimum atomic E-state index is -1.16. The maximum atomic E-state index is 12.1. The van der Waals surface area contributed by atoms with Gasteiger partial charge in [-0.2, -0.15) is 0 Å². The van der Waals surface area contributed by atoms with Crippen LogP contribution < -0.4 is 0 Å². The lowest BCUT2D eigenvalue weighted by Crippen LogP contribution is -2.49. The van der Waals surface area contributed by atoms with E-state index in [4.69, 9.17) is 5.11 Å². The van der Waals surface area contributed by atoms with Gasteiger partial charge in [0.05, 0.1) is 6.10 Å². The standard InChI is InChI=1S/C11H19N3O5/c1-12(2)9(16)6-13(3)11(19)14-5-7(15)4-8(14)10(17)18/h7-8,15H,4-6H2,1-3H3,(H,17,18).